The molecule has 8 N–H and O–H groups in total. The summed E-state index contributed by atoms with van der Waals surface area (Å²) < 4.78 is 0. The number of nitrogens with one attached hydrogen (secondary N) is 8. The van der Waals surface area contributed by atoms with Gasteiger partial charge in [-0.2, -0.15) is 0 Å². The summed E-state index contributed by atoms with van der Waals surface area (Å²) in [7, 11) is 3.15. The molecule has 6 amide bonds. The average molecular weight is 907 g/mol. The van der Waals surface area contributed by atoms with E-state index in [1.54, 1.807) is 130 Å². The summed E-state index contributed by atoms with van der Waals surface area (Å²) in [6.45, 7) is 0.763. The molecular formula is C50H46N14O4. The van der Waals surface area contributed by atoms with Gasteiger partial charge in [0.25, 0.3) is 11.8 Å². The van der Waals surface area contributed by atoms with Crippen molar-refractivity contribution < 1.29 is 19.2 Å². The molecule has 0 fully saturated rings. The molecule has 18 nitrogen and oxygen atoms in total. The first-order valence-electron chi connectivity index (χ1n) is 21.1. The number of pyridine rings is 6. The van der Waals surface area contributed by atoms with Gasteiger partial charge in [-0.15, -0.1) is 0 Å². The number of anilines is 6. The highest BCUT2D eigenvalue weighted by molar-refractivity contribution is 6.00. The van der Waals surface area contributed by atoms with Crippen LogP contribution in [0, 0.1) is 0 Å². The van der Waals surface area contributed by atoms with Crippen LogP contribution in [0.5, 0.6) is 0 Å². The smallest absolute Gasteiger partial charge is 0.319 e. The maximum Gasteiger partial charge on any atom is 0.319 e. The molecule has 0 aliphatic carbocycles. The minimum Gasteiger partial charge on any atom is -0.355 e. The minimum atomic E-state index is -0.312. The molecule has 0 radical (unpaired) electrons. The number of carbonyl (C=O) groups excluding carboxylic acids is 4. The van der Waals surface area contributed by atoms with E-state index in [9.17, 15) is 19.2 Å². The Morgan fingerprint density at radius 1 is 0.426 bits per heavy atom. The van der Waals surface area contributed by atoms with Gasteiger partial charge in [0.05, 0.1) is 34.4 Å². The van der Waals surface area contributed by atoms with Gasteiger partial charge in [0.2, 0.25) is 0 Å². The van der Waals surface area contributed by atoms with Gasteiger partial charge in [-0.25, -0.2) is 19.6 Å². The number of aromatic nitrogens is 6. The Morgan fingerprint density at radius 2 is 0.868 bits per heavy atom. The minimum absolute atomic E-state index is 0.243. The monoisotopic (exact) mass is 906 g/mol. The first kappa shape index (κ1) is 46.4. The topological polar surface area (TPSA) is 242 Å². The third-order valence-corrected chi connectivity index (χ3v) is 9.83. The van der Waals surface area contributed by atoms with E-state index in [1.165, 1.54) is 0 Å². The zero-order valence-electron chi connectivity index (χ0n) is 36.9. The van der Waals surface area contributed by atoms with Gasteiger partial charge in [-0.05, 0) is 96.1 Å². The van der Waals surface area contributed by atoms with Crippen LogP contribution in [-0.4, -0.2) is 67.9 Å². The normalized spacial score (nSPS) is 10.3. The molecule has 68 heavy (non-hydrogen) atoms. The molecule has 0 saturated heterocycles. The van der Waals surface area contributed by atoms with E-state index >= 15 is 0 Å². The summed E-state index contributed by atoms with van der Waals surface area (Å²) in [5, 5.41) is 22.8. The molecular weight excluding hydrogens is 861 g/mol. The lowest BCUT2D eigenvalue weighted by molar-refractivity contribution is 0.0955. The number of hydrogen-bond donors (Lipinski definition) is 8. The van der Waals surface area contributed by atoms with Crippen molar-refractivity contribution in [1.29, 1.82) is 0 Å². The first-order valence-corrected chi connectivity index (χ1v) is 21.1. The van der Waals surface area contributed by atoms with Crippen molar-refractivity contribution in [2.75, 3.05) is 35.4 Å². The molecule has 0 spiro atoms. The van der Waals surface area contributed by atoms with Crippen molar-refractivity contribution in [3.63, 3.8) is 0 Å². The highest BCUT2D eigenvalue weighted by Crippen LogP contribution is 2.27. The average Bonchev–Trinajstić information content (AvgIpc) is 3.39. The summed E-state index contributed by atoms with van der Waals surface area (Å²) in [6.07, 6.45) is 13.4. The van der Waals surface area contributed by atoms with E-state index in [1.807, 2.05) is 54.6 Å². The Hall–Kier alpha value is -9.58. The van der Waals surface area contributed by atoms with E-state index < -0.39 is 0 Å². The molecule has 0 unspecified atom stereocenters. The van der Waals surface area contributed by atoms with Crippen LogP contribution in [0.2, 0.25) is 0 Å². The lowest BCUT2D eigenvalue weighted by Gasteiger charge is -2.13. The highest BCUT2D eigenvalue weighted by Gasteiger charge is 2.16. The van der Waals surface area contributed by atoms with Crippen LogP contribution < -0.4 is 42.5 Å². The second-order valence-electron chi connectivity index (χ2n) is 14.6. The van der Waals surface area contributed by atoms with Crippen LogP contribution in [-0.2, 0) is 13.1 Å². The third-order valence-electron chi connectivity index (χ3n) is 9.83. The van der Waals surface area contributed by atoms with E-state index in [2.05, 4.69) is 72.4 Å². The standard InChI is InChI=1S/2C25H23N7O2/c1-26-24(33)21-10-11-22(32-23(21)30-20-5-3-13-28-16-20)18-6-8-19(9-7-18)31-25(34)29-15-17-4-2-12-27-14-17;1-26-24(33)21-8-9-22(32-23(21)30-20-10-13-27-14-11-20)18-4-6-19(7-5-18)31-25(34)29-16-17-3-2-12-28-15-17/h2-14,16H,15H2,1H3,(H,26,33)(H,30,32)(H2,29,31,34);2-15H,16H2,1H3,(H,26,33)(H,27,30,32)(H2,29,31,34). The molecule has 8 aromatic rings. The Balaban J connectivity index is 0.000000201. The predicted octanol–water partition coefficient (Wildman–Crippen LogP) is 7.93. The summed E-state index contributed by atoms with van der Waals surface area (Å²) >= 11 is 0. The fraction of sp³-hybridized carbons (Fsp3) is 0.0800. The van der Waals surface area contributed by atoms with Crippen molar-refractivity contribution in [2.45, 2.75) is 13.1 Å². The molecule has 6 heterocycles. The maximum absolute atomic E-state index is 12.3. The lowest BCUT2D eigenvalue weighted by atomic mass is 10.1. The van der Waals surface area contributed by atoms with Crippen molar-refractivity contribution in [2.24, 2.45) is 0 Å². The number of carbonyl (C=O) groups is 4. The maximum atomic E-state index is 12.3. The van der Waals surface area contributed by atoms with Gasteiger partial charge < -0.3 is 42.5 Å². The molecule has 0 aliphatic rings. The van der Waals surface area contributed by atoms with Crippen molar-refractivity contribution in [3.05, 3.63) is 193 Å². The second kappa shape index (κ2) is 23.4. The quantitative estimate of drug-likeness (QED) is 0.0519. The molecule has 0 bridgehead atoms. The Kier molecular flexibility index (Phi) is 16.0. The summed E-state index contributed by atoms with van der Waals surface area (Å²) in [5.41, 5.74) is 8.45. The first-order chi connectivity index (χ1) is 33.2. The fourth-order valence-electron chi connectivity index (χ4n) is 6.38. The summed E-state index contributed by atoms with van der Waals surface area (Å²) in [6, 6.07) is 35.6. The fourth-order valence-corrected chi connectivity index (χ4v) is 6.38. The summed E-state index contributed by atoms with van der Waals surface area (Å²) in [5.74, 6) is 0.358. The number of urea groups is 2. The van der Waals surface area contributed by atoms with Crippen LogP contribution >= 0.6 is 0 Å². The van der Waals surface area contributed by atoms with Gasteiger partial charge in [-0.3, -0.25) is 29.5 Å². The molecule has 6 aromatic heterocycles. The molecule has 8 rings (SSSR count). The lowest BCUT2D eigenvalue weighted by Crippen LogP contribution is -2.28. The summed E-state index contributed by atoms with van der Waals surface area (Å²) in [4.78, 5) is 74.4. The second-order valence-corrected chi connectivity index (χ2v) is 14.6. The van der Waals surface area contributed by atoms with Crippen LogP contribution in [0.3, 0.4) is 0 Å². The van der Waals surface area contributed by atoms with E-state index in [4.69, 9.17) is 0 Å². The number of hydrogen-bond acceptors (Lipinski definition) is 12. The number of rotatable bonds is 14. The Morgan fingerprint density at radius 3 is 1.28 bits per heavy atom. The molecule has 340 valence electrons. The molecule has 0 atom stereocenters. The van der Waals surface area contributed by atoms with Crippen molar-refractivity contribution in [3.8, 4) is 22.5 Å². The predicted molar refractivity (Wildman–Crippen MR) is 261 cm³/mol. The zero-order chi connectivity index (χ0) is 47.5. The molecule has 2 aromatic carbocycles. The SMILES string of the molecule is CNC(=O)c1ccc(-c2ccc(NC(=O)NCc3cccnc3)cc2)nc1Nc1cccnc1.CNC(=O)c1ccc(-c2ccc(NC(=O)NCc3cccnc3)cc2)nc1Nc1ccncc1. The van der Waals surface area contributed by atoms with Crippen molar-refractivity contribution in [1.82, 2.24) is 51.2 Å². The van der Waals surface area contributed by atoms with Gasteiger partial charge in [0.15, 0.2) is 0 Å². The molecule has 18 heteroatoms. The van der Waals surface area contributed by atoms with Crippen LogP contribution in [0.1, 0.15) is 31.8 Å². The number of benzene rings is 2. The van der Waals surface area contributed by atoms with E-state index in [-0.39, 0.29) is 23.9 Å². The van der Waals surface area contributed by atoms with Crippen LogP contribution in [0.25, 0.3) is 22.5 Å². The van der Waals surface area contributed by atoms with E-state index in [0.717, 1.165) is 27.9 Å². The molecule has 0 aliphatic heterocycles. The Bertz CT molecular complexity index is 2730. The van der Waals surface area contributed by atoms with Crippen LogP contribution in [0.15, 0.2) is 171 Å². The molecule has 0 saturated carbocycles. The van der Waals surface area contributed by atoms with Crippen LogP contribution in [0.4, 0.5) is 44.0 Å². The largest absolute Gasteiger partial charge is 0.355 e. The number of amides is 6. The van der Waals surface area contributed by atoms with Crippen molar-refractivity contribution >= 4 is 58.3 Å². The van der Waals surface area contributed by atoms with Gasteiger partial charge in [0.1, 0.15) is 11.6 Å². The number of nitrogens with zero attached hydrogens (tertiary/aromatic N) is 6. The zero-order valence-corrected chi connectivity index (χ0v) is 36.9. The van der Waals surface area contributed by atoms with Gasteiger partial charge in [0, 0.05) is 98.8 Å². The highest BCUT2D eigenvalue weighted by atomic mass is 16.2. The third kappa shape index (κ3) is 13.2. The Labute approximate surface area is 391 Å². The van der Waals surface area contributed by atoms with Gasteiger partial charge in [-0.1, -0.05) is 36.4 Å². The van der Waals surface area contributed by atoms with Gasteiger partial charge >= 0.3 is 12.1 Å². The van der Waals surface area contributed by atoms with E-state index in [0.29, 0.717) is 64.3 Å².